The third-order valence-electron chi connectivity index (χ3n) is 4.51. The first-order valence-corrected chi connectivity index (χ1v) is 7.70. The van der Waals surface area contributed by atoms with Gasteiger partial charge in [0, 0.05) is 33.2 Å². The number of halogens is 7. The normalized spacial score (nSPS) is 27.7. The van der Waals surface area contributed by atoms with E-state index in [0.717, 1.165) is 7.05 Å². The van der Waals surface area contributed by atoms with E-state index in [0.29, 0.717) is 31.2 Å². The maximum absolute atomic E-state index is 14.6. The van der Waals surface area contributed by atoms with Gasteiger partial charge in [0.25, 0.3) is 5.91 Å². The summed E-state index contributed by atoms with van der Waals surface area (Å²) >= 11 is 0. The number of nitrogens with zero attached hydrogens (tertiary/aromatic N) is 2. The standard InChI is InChI=1S/C14H19F7N2O2/c1-22(2-3-23-4-6-25-7-5-23)10(24)11(15)8-12(16,17)14(20,21)13(18,19)9-11/h2-9H2,1H3. The fraction of sp³-hybridized carbons (Fsp3) is 0.929. The molecule has 1 aliphatic carbocycles. The molecule has 1 amide bonds. The summed E-state index contributed by atoms with van der Waals surface area (Å²) < 4.78 is 99.6. The number of likely N-dealkylation sites (N-methyl/N-ethyl adjacent to an activating group) is 1. The highest BCUT2D eigenvalue weighted by molar-refractivity contribution is 5.85. The summed E-state index contributed by atoms with van der Waals surface area (Å²) in [5.74, 6) is -18.0. The molecule has 0 N–H and O–H groups in total. The molecular weight excluding hydrogens is 361 g/mol. The summed E-state index contributed by atoms with van der Waals surface area (Å²) in [6.45, 7) is 2.15. The molecule has 0 aromatic carbocycles. The second-order valence-electron chi connectivity index (χ2n) is 6.48. The van der Waals surface area contributed by atoms with Crippen molar-refractivity contribution in [2.75, 3.05) is 46.4 Å². The highest BCUT2D eigenvalue weighted by atomic mass is 19.3. The first-order chi connectivity index (χ1) is 11.3. The number of alkyl halides is 7. The Kier molecular flexibility index (Phi) is 5.31. The highest BCUT2D eigenvalue weighted by Gasteiger charge is 2.79. The Hall–Kier alpha value is -1.10. The number of carbonyl (C=O) groups excluding carboxylic acids is 1. The van der Waals surface area contributed by atoms with Crippen LogP contribution in [0, 0.1) is 0 Å². The lowest BCUT2D eigenvalue weighted by Gasteiger charge is -2.44. The van der Waals surface area contributed by atoms with Crippen LogP contribution in [0.15, 0.2) is 0 Å². The molecule has 1 heterocycles. The van der Waals surface area contributed by atoms with Gasteiger partial charge in [0.15, 0.2) is 0 Å². The first-order valence-electron chi connectivity index (χ1n) is 7.70. The minimum Gasteiger partial charge on any atom is -0.379 e. The molecule has 2 aliphatic rings. The maximum Gasteiger partial charge on any atom is 0.372 e. The van der Waals surface area contributed by atoms with Crippen molar-refractivity contribution in [2.45, 2.75) is 36.3 Å². The van der Waals surface area contributed by atoms with Crippen molar-refractivity contribution in [1.29, 1.82) is 0 Å². The molecule has 0 atom stereocenters. The van der Waals surface area contributed by atoms with Gasteiger partial charge in [-0.25, -0.2) is 4.39 Å². The molecule has 2 fully saturated rings. The minimum atomic E-state index is -5.71. The number of hydrogen-bond acceptors (Lipinski definition) is 3. The van der Waals surface area contributed by atoms with Crippen LogP contribution >= 0.6 is 0 Å². The van der Waals surface area contributed by atoms with E-state index in [1.54, 1.807) is 0 Å². The lowest BCUT2D eigenvalue weighted by molar-refractivity contribution is -0.346. The van der Waals surface area contributed by atoms with Crippen LogP contribution in [-0.4, -0.2) is 85.6 Å². The van der Waals surface area contributed by atoms with Gasteiger partial charge in [-0.15, -0.1) is 0 Å². The number of ether oxygens (including phenoxy) is 1. The van der Waals surface area contributed by atoms with Crippen LogP contribution in [0.25, 0.3) is 0 Å². The van der Waals surface area contributed by atoms with Crippen molar-refractivity contribution in [1.82, 2.24) is 9.80 Å². The Labute approximate surface area is 139 Å². The van der Waals surface area contributed by atoms with Gasteiger partial charge in [0.1, 0.15) is 0 Å². The van der Waals surface area contributed by atoms with E-state index >= 15 is 0 Å². The molecule has 146 valence electrons. The molecule has 2 rings (SSSR count). The average Bonchev–Trinajstić information content (AvgIpc) is 2.50. The van der Waals surface area contributed by atoms with Gasteiger partial charge < -0.3 is 9.64 Å². The Balaban J connectivity index is 2.06. The number of rotatable bonds is 4. The second-order valence-corrected chi connectivity index (χ2v) is 6.48. The smallest absolute Gasteiger partial charge is 0.372 e. The van der Waals surface area contributed by atoms with Crippen LogP contribution in [0.2, 0.25) is 0 Å². The van der Waals surface area contributed by atoms with Gasteiger partial charge in [-0.2, -0.15) is 26.3 Å². The molecule has 0 radical (unpaired) electrons. The summed E-state index contributed by atoms with van der Waals surface area (Å²) in [5.41, 5.74) is -3.76. The van der Waals surface area contributed by atoms with E-state index in [2.05, 4.69) is 0 Å². The molecular formula is C14H19F7N2O2. The molecule has 25 heavy (non-hydrogen) atoms. The van der Waals surface area contributed by atoms with Crippen molar-refractivity contribution in [2.24, 2.45) is 0 Å². The molecule has 0 aromatic heterocycles. The van der Waals surface area contributed by atoms with E-state index in [1.807, 2.05) is 4.90 Å². The number of amides is 1. The summed E-state index contributed by atoms with van der Waals surface area (Å²) in [6.07, 6.45) is -4.55. The SMILES string of the molecule is CN(CCN1CCOCC1)C(=O)C1(F)CC(F)(F)C(F)(F)C(F)(F)C1. The molecule has 0 bridgehead atoms. The van der Waals surface area contributed by atoms with Crippen LogP contribution in [0.5, 0.6) is 0 Å². The Morgan fingerprint density at radius 1 is 1.00 bits per heavy atom. The van der Waals surface area contributed by atoms with Crippen molar-refractivity contribution in [3.8, 4) is 0 Å². The zero-order chi connectivity index (χ0) is 19.1. The molecule has 4 nitrogen and oxygen atoms in total. The van der Waals surface area contributed by atoms with Crippen molar-refractivity contribution < 1.29 is 40.3 Å². The van der Waals surface area contributed by atoms with Gasteiger partial charge in [0.2, 0.25) is 5.67 Å². The first kappa shape index (κ1) is 20.2. The largest absolute Gasteiger partial charge is 0.379 e. The summed E-state index contributed by atoms with van der Waals surface area (Å²) in [7, 11) is 1.06. The van der Waals surface area contributed by atoms with Crippen molar-refractivity contribution >= 4 is 5.91 Å². The predicted molar refractivity (Wildman–Crippen MR) is 72.8 cm³/mol. The van der Waals surface area contributed by atoms with Gasteiger partial charge in [-0.05, 0) is 0 Å². The van der Waals surface area contributed by atoms with E-state index in [-0.39, 0.29) is 13.1 Å². The summed E-state index contributed by atoms with van der Waals surface area (Å²) in [6, 6.07) is 0. The van der Waals surface area contributed by atoms with Crippen molar-refractivity contribution in [3.05, 3.63) is 0 Å². The number of carbonyl (C=O) groups is 1. The molecule has 1 saturated heterocycles. The third kappa shape index (κ3) is 3.71. The van der Waals surface area contributed by atoms with Gasteiger partial charge in [0.05, 0.1) is 26.1 Å². The van der Waals surface area contributed by atoms with Gasteiger partial charge >= 0.3 is 17.8 Å². The highest BCUT2D eigenvalue weighted by Crippen LogP contribution is 2.57. The monoisotopic (exact) mass is 380 g/mol. The molecule has 1 aliphatic heterocycles. The minimum absolute atomic E-state index is 0.113. The molecule has 0 unspecified atom stereocenters. The summed E-state index contributed by atoms with van der Waals surface area (Å²) in [4.78, 5) is 14.6. The van der Waals surface area contributed by atoms with E-state index in [1.165, 1.54) is 0 Å². The lowest BCUT2D eigenvalue weighted by Crippen LogP contribution is -2.66. The summed E-state index contributed by atoms with van der Waals surface area (Å²) in [5, 5.41) is 0. The zero-order valence-electron chi connectivity index (χ0n) is 13.5. The molecule has 1 saturated carbocycles. The van der Waals surface area contributed by atoms with Crippen LogP contribution in [0.1, 0.15) is 12.8 Å². The topological polar surface area (TPSA) is 32.8 Å². The fourth-order valence-electron chi connectivity index (χ4n) is 2.97. The van der Waals surface area contributed by atoms with Gasteiger partial charge in [-0.1, -0.05) is 0 Å². The Morgan fingerprint density at radius 2 is 1.48 bits per heavy atom. The van der Waals surface area contributed by atoms with Crippen LogP contribution < -0.4 is 0 Å². The van der Waals surface area contributed by atoms with Crippen molar-refractivity contribution in [3.63, 3.8) is 0 Å². The van der Waals surface area contributed by atoms with E-state index in [4.69, 9.17) is 4.74 Å². The second kappa shape index (κ2) is 6.57. The Bertz CT molecular complexity index is 489. The number of morpholine rings is 1. The molecule has 0 spiro atoms. The number of hydrogen-bond donors (Lipinski definition) is 0. The molecule has 11 heteroatoms. The molecule has 0 aromatic rings. The average molecular weight is 380 g/mol. The zero-order valence-corrected chi connectivity index (χ0v) is 13.5. The van der Waals surface area contributed by atoms with E-state index in [9.17, 15) is 35.5 Å². The van der Waals surface area contributed by atoms with Crippen LogP contribution in [0.3, 0.4) is 0 Å². The van der Waals surface area contributed by atoms with E-state index < -0.39 is 42.2 Å². The maximum atomic E-state index is 14.6. The Morgan fingerprint density at radius 3 is 1.96 bits per heavy atom. The van der Waals surface area contributed by atoms with Crippen LogP contribution in [0.4, 0.5) is 30.7 Å². The predicted octanol–water partition coefficient (Wildman–Crippen LogP) is 2.19. The van der Waals surface area contributed by atoms with Gasteiger partial charge in [-0.3, -0.25) is 9.69 Å². The quantitative estimate of drug-likeness (QED) is 0.701. The fourth-order valence-corrected chi connectivity index (χ4v) is 2.97. The van der Waals surface area contributed by atoms with Crippen LogP contribution in [-0.2, 0) is 9.53 Å². The third-order valence-corrected chi connectivity index (χ3v) is 4.51. The lowest BCUT2D eigenvalue weighted by atomic mass is 9.78.